The highest BCUT2D eigenvalue weighted by Crippen LogP contribution is 2.26. The number of benzene rings is 1. The van der Waals surface area contributed by atoms with Gasteiger partial charge in [0.2, 0.25) is 0 Å². The molecule has 0 N–H and O–H groups in total. The summed E-state index contributed by atoms with van der Waals surface area (Å²) in [6, 6.07) is 8.14. The van der Waals surface area contributed by atoms with Gasteiger partial charge in [-0.15, -0.1) is 11.8 Å². The zero-order valence-corrected chi connectivity index (χ0v) is 13.8. The lowest BCUT2D eigenvalue weighted by Gasteiger charge is -2.26. The van der Waals surface area contributed by atoms with Crippen LogP contribution < -0.4 is 0 Å². The minimum absolute atomic E-state index is 0.158. The summed E-state index contributed by atoms with van der Waals surface area (Å²) in [4.78, 5) is 20.3. The van der Waals surface area contributed by atoms with E-state index in [2.05, 4.69) is 9.55 Å². The van der Waals surface area contributed by atoms with Crippen LogP contribution in [-0.2, 0) is 6.54 Å². The summed E-state index contributed by atoms with van der Waals surface area (Å²) in [5.74, 6) is 1.16. The summed E-state index contributed by atoms with van der Waals surface area (Å²) in [5, 5.41) is 0. The SMILES string of the molecule is CSc1ccccc1C(=O)N1CCC[C@H]1Cn1ccnc1C. The van der Waals surface area contributed by atoms with Crippen LogP contribution in [0.5, 0.6) is 0 Å². The second kappa shape index (κ2) is 6.57. The van der Waals surface area contributed by atoms with Crippen LogP contribution in [0.3, 0.4) is 0 Å². The van der Waals surface area contributed by atoms with Crippen molar-refractivity contribution in [2.45, 2.75) is 37.2 Å². The minimum Gasteiger partial charge on any atom is -0.334 e. The summed E-state index contributed by atoms with van der Waals surface area (Å²) in [5.41, 5.74) is 0.823. The zero-order chi connectivity index (χ0) is 15.5. The van der Waals surface area contributed by atoms with E-state index in [1.807, 2.05) is 54.7 Å². The maximum absolute atomic E-state index is 12.9. The zero-order valence-electron chi connectivity index (χ0n) is 13.0. The number of hydrogen-bond donors (Lipinski definition) is 0. The summed E-state index contributed by atoms with van der Waals surface area (Å²) in [6.45, 7) is 3.68. The Morgan fingerprint density at radius 2 is 2.23 bits per heavy atom. The molecule has 0 aliphatic carbocycles. The molecule has 0 radical (unpaired) electrons. The van der Waals surface area contributed by atoms with Gasteiger partial charge in [-0.1, -0.05) is 12.1 Å². The van der Waals surface area contributed by atoms with Crippen LogP contribution in [0.1, 0.15) is 29.0 Å². The molecule has 1 aromatic carbocycles. The molecule has 3 rings (SSSR count). The third kappa shape index (κ3) is 2.90. The Morgan fingerprint density at radius 1 is 1.41 bits per heavy atom. The quantitative estimate of drug-likeness (QED) is 0.813. The molecule has 1 amide bonds. The van der Waals surface area contributed by atoms with E-state index in [-0.39, 0.29) is 11.9 Å². The van der Waals surface area contributed by atoms with Crippen LogP contribution in [0.2, 0.25) is 0 Å². The fraction of sp³-hybridized carbons (Fsp3) is 0.412. The number of hydrogen-bond acceptors (Lipinski definition) is 3. The van der Waals surface area contributed by atoms with Gasteiger partial charge in [-0.05, 0) is 38.2 Å². The summed E-state index contributed by atoms with van der Waals surface area (Å²) >= 11 is 1.63. The van der Waals surface area contributed by atoms with Gasteiger partial charge in [0.1, 0.15) is 5.82 Å². The number of rotatable bonds is 4. The highest BCUT2D eigenvalue weighted by Gasteiger charge is 2.30. The first-order valence-corrected chi connectivity index (χ1v) is 8.85. The van der Waals surface area contributed by atoms with E-state index in [1.165, 1.54) is 0 Å². The fourth-order valence-electron chi connectivity index (χ4n) is 3.09. The predicted octanol–water partition coefficient (Wildman–Crippen LogP) is 3.22. The molecule has 0 bridgehead atoms. The van der Waals surface area contributed by atoms with Crippen LogP contribution >= 0.6 is 11.8 Å². The second-order valence-electron chi connectivity index (χ2n) is 5.62. The lowest BCUT2D eigenvalue weighted by molar-refractivity contribution is 0.0720. The maximum atomic E-state index is 12.9. The van der Waals surface area contributed by atoms with Crippen molar-refractivity contribution in [1.29, 1.82) is 0 Å². The van der Waals surface area contributed by atoms with Gasteiger partial charge in [-0.3, -0.25) is 4.79 Å². The lowest BCUT2D eigenvalue weighted by Crippen LogP contribution is -2.38. The number of amides is 1. The molecule has 1 saturated heterocycles. The normalized spacial score (nSPS) is 17.9. The van der Waals surface area contributed by atoms with E-state index < -0.39 is 0 Å². The Morgan fingerprint density at radius 3 is 2.95 bits per heavy atom. The van der Waals surface area contributed by atoms with E-state index in [0.29, 0.717) is 0 Å². The molecule has 0 saturated carbocycles. The number of carbonyl (C=O) groups is 1. The van der Waals surface area contributed by atoms with E-state index in [1.54, 1.807) is 11.8 Å². The number of nitrogens with zero attached hydrogens (tertiary/aromatic N) is 3. The van der Waals surface area contributed by atoms with Crippen molar-refractivity contribution < 1.29 is 4.79 Å². The maximum Gasteiger partial charge on any atom is 0.255 e. The number of aromatic nitrogens is 2. The third-order valence-electron chi connectivity index (χ3n) is 4.31. The van der Waals surface area contributed by atoms with Crippen LogP contribution in [0.15, 0.2) is 41.6 Å². The van der Waals surface area contributed by atoms with E-state index >= 15 is 0 Å². The molecular formula is C17H21N3OS. The Labute approximate surface area is 135 Å². The summed E-state index contributed by atoms with van der Waals surface area (Å²) < 4.78 is 2.14. The van der Waals surface area contributed by atoms with Crippen LogP contribution in [0.25, 0.3) is 0 Å². The molecule has 116 valence electrons. The first kappa shape index (κ1) is 15.2. The van der Waals surface area contributed by atoms with Crippen molar-refractivity contribution in [2.24, 2.45) is 0 Å². The van der Waals surface area contributed by atoms with Crippen molar-refractivity contribution in [3.8, 4) is 0 Å². The Bertz CT molecular complexity index is 667. The van der Waals surface area contributed by atoms with Gasteiger partial charge in [0.05, 0.1) is 11.6 Å². The first-order chi connectivity index (χ1) is 10.7. The molecule has 1 aromatic heterocycles. The van der Waals surface area contributed by atoms with Gasteiger partial charge in [-0.25, -0.2) is 4.98 Å². The van der Waals surface area contributed by atoms with Crippen LogP contribution in [-0.4, -0.2) is 39.2 Å². The van der Waals surface area contributed by atoms with Gasteiger partial charge in [0.25, 0.3) is 5.91 Å². The van der Waals surface area contributed by atoms with Crippen LogP contribution in [0, 0.1) is 6.92 Å². The highest BCUT2D eigenvalue weighted by atomic mass is 32.2. The average Bonchev–Trinajstić information content (AvgIpc) is 3.16. The fourth-order valence-corrected chi connectivity index (χ4v) is 3.68. The molecular weight excluding hydrogens is 294 g/mol. The molecule has 1 aliphatic heterocycles. The standard InChI is InChI=1S/C17H21N3OS/c1-13-18-9-11-19(13)12-14-6-5-10-20(14)17(21)15-7-3-4-8-16(15)22-2/h3-4,7-9,11,14H,5-6,10,12H2,1-2H3/t14-/m0/s1. The van der Waals surface area contributed by atoms with Crippen molar-refractivity contribution >= 4 is 17.7 Å². The molecule has 4 nitrogen and oxygen atoms in total. The molecule has 2 heterocycles. The Balaban J connectivity index is 1.80. The molecule has 0 spiro atoms. The van der Waals surface area contributed by atoms with Gasteiger partial charge in [0.15, 0.2) is 0 Å². The lowest BCUT2D eigenvalue weighted by atomic mass is 10.1. The number of thioether (sulfide) groups is 1. The number of aryl methyl sites for hydroxylation is 1. The van der Waals surface area contributed by atoms with E-state index in [4.69, 9.17) is 0 Å². The minimum atomic E-state index is 0.158. The molecule has 1 aliphatic rings. The monoisotopic (exact) mass is 315 g/mol. The van der Waals surface area contributed by atoms with E-state index in [0.717, 1.165) is 42.2 Å². The number of imidazole rings is 1. The molecule has 0 unspecified atom stereocenters. The largest absolute Gasteiger partial charge is 0.334 e. The van der Waals surface area contributed by atoms with Gasteiger partial charge in [-0.2, -0.15) is 0 Å². The average molecular weight is 315 g/mol. The third-order valence-corrected chi connectivity index (χ3v) is 5.10. The Hall–Kier alpha value is -1.75. The van der Waals surface area contributed by atoms with Crippen molar-refractivity contribution in [3.05, 3.63) is 48.0 Å². The van der Waals surface area contributed by atoms with Gasteiger partial charge >= 0.3 is 0 Å². The second-order valence-corrected chi connectivity index (χ2v) is 6.47. The predicted molar refractivity (Wildman–Crippen MR) is 89.2 cm³/mol. The summed E-state index contributed by atoms with van der Waals surface area (Å²) in [6.07, 6.45) is 7.96. The molecule has 2 aromatic rings. The topological polar surface area (TPSA) is 38.1 Å². The van der Waals surface area contributed by atoms with Gasteiger partial charge < -0.3 is 9.47 Å². The molecule has 1 fully saturated rings. The molecule has 1 atom stereocenters. The van der Waals surface area contributed by atoms with Crippen molar-refractivity contribution in [3.63, 3.8) is 0 Å². The number of carbonyl (C=O) groups excluding carboxylic acids is 1. The molecule has 5 heteroatoms. The van der Waals surface area contributed by atoms with E-state index in [9.17, 15) is 4.79 Å². The smallest absolute Gasteiger partial charge is 0.255 e. The Kier molecular flexibility index (Phi) is 4.52. The van der Waals surface area contributed by atoms with Crippen molar-refractivity contribution in [1.82, 2.24) is 14.5 Å². The summed E-state index contributed by atoms with van der Waals surface area (Å²) in [7, 11) is 0. The van der Waals surface area contributed by atoms with Gasteiger partial charge in [0, 0.05) is 30.4 Å². The van der Waals surface area contributed by atoms with Crippen molar-refractivity contribution in [2.75, 3.05) is 12.8 Å². The highest BCUT2D eigenvalue weighted by molar-refractivity contribution is 7.98. The van der Waals surface area contributed by atoms with Crippen LogP contribution in [0.4, 0.5) is 0 Å². The molecule has 22 heavy (non-hydrogen) atoms. The number of likely N-dealkylation sites (tertiary alicyclic amines) is 1. The first-order valence-electron chi connectivity index (χ1n) is 7.62.